The standard InChI is InChI=1S/C30H24/c1-3-16-13-23-24-14-25(23)29-28-20(18-7-5-4-6-8-19(18)24)11-12-22(28)21-10-9-17-15(2)26(16)30(29)27(17)21/h3-8,13-14,18,21-22H,1,9-12H2,2H3. The van der Waals surface area contributed by atoms with Crippen LogP contribution >= 0.6 is 0 Å². The Morgan fingerprint density at radius 2 is 1.90 bits per heavy atom. The molecule has 0 aromatic rings. The van der Waals surface area contributed by atoms with Crippen molar-refractivity contribution in [2.75, 3.05) is 0 Å². The highest BCUT2D eigenvalue weighted by molar-refractivity contribution is 6.12. The zero-order chi connectivity index (χ0) is 19.7. The van der Waals surface area contributed by atoms with Gasteiger partial charge in [-0.15, -0.1) is 0 Å². The van der Waals surface area contributed by atoms with Crippen molar-refractivity contribution in [2.24, 2.45) is 11.8 Å². The summed E-state index contributed by atoms with van der Waals surface area (Å²) in [6.45, 7) is 6.63. The Bertz CT molecular complexity index is 1360. The largest absolute Gasteiger partial charge is 0.0984 e. The number of hydrogen-bond acceptors (Lipinski definition) is 0. The number of allylic oxidation sites excluding steroid dienone is 9. The minimum Gasteiger partial charge on any atom is -0.0984 e. The highest BCUT2D eigenvalue weighted by Crippen LogP contribution is 2.66. The third-order valence-corrected chi connectivity index (χ3v) is 8.96. The lowest BCUT2D eigenvalue weighted by atomic mass is 9.66. The van der Waals surface area contributed by atoms with Crippen LogP contribution in [-0.4, -0.2) is 0 Å². The van der Waals surface area contributed by atoms with Gasteiger partial charge in [-0.3, -0.25) is 0 Å². The quantitative estimate of drug-likeness (QED) is 0.478. The molecule has 8 rings (SSSR count). The number of fused-ring (bicyclic) bond motifs is 4. The molecule has 0 heteroatoms. The predicted octanol–water partition coefficient (Wildman–Crippen LogP) is 7.49. The lowest BCUT2D eigenvalue weighted by Gasteiger charge is -2.37. The molecule has 0 aromatic carbocycles. The molecule has 0 nitrogen and oxygen atoms in total. The van der Waals surface area contributed by atoms with Crippen LogP contribution in [0.15, 0.2) is 54.2 Å². The molecule has 30 heavy (non-hydrogen) atoms. The van der Waals surface area contributed by atoms with Gasteiger partial charge in [0, 0.05) is 5.92 Å². The molecule has 0 heterocycles. The molecular formula is C30H24. The van der Waals surface area contributed by atoms with Gasteiger partial charge in [0.2, 0.25) is 0 Å². The molecular weight excluding hydrogens is 360 g/mol. The average molecular weight is 385 g/mol. The van der Waals surface area contributed by atoms with Crippen molar-refractivity contribution in [3.8, 4) is 11.1 Å². The van der Waals surface area contributed by atoms with E-state index in [9.17, 15) is 0 Å². The van der Waals surface area contributed by atoms with E-state index in [-0.39, 0.29) is 0 Å². The van der Waals surface area contributed by atoms with Crippen molar-refractivity contribution in [2.45, 2.75) is 38.5 Å². The maximum Gasteiger partial charge on any atom is 0.0243 e. The molecule has 0 saturated heterocycles. The van der Waals surface area contributed by atoms with Gasteiger partial charge in [-0.1, -0.05) is 48.6 Å². The molecule has 0 radical (unpaired) electrons. The van der Waals surface area contributed by atoms with Crippen LogP contribution in [0.2, 0.25) is 0 Å². The van der Waals surface area contributed by atoms with Crippen molar-refractivity contribution in [1.82, 2.24) is 0 Å². The zero-order valence-corrected chi connectivity index (χ0v) is 17.4. The second-order valence-corrected chi connectivity index (χ2v) is 9.93. The molecule has 0 amide bonds. The topological polar surface area (TPSA) is 0 Å². The summed E-state index contributed by atoms with van der Waals surface area (Å²) in [6, 6.07) is 2.46. The summed E-state index contributed by atoms with van der Waals surface area (Å²) < 4.78 is 0. The SMILES string of the molecule is C=Cc1cc2c3c4c5c6c(c(C)c1-5)CCC6C1CCC(=C41)C1C=CC=CC=C1C2=C3. The van der Waals surface area contributed by atoms with E-state index in [0.29, 0.717) is 5.92 Å². The second kappa shape index (κ2) is 5.06. The van der Waals surface area contributed by atoms with Crippen LogP contribution in [0.4, 0.5) is 0 Å². The number of hydrogen-bond donors (Lipinski definition) is 0. The maximum absolute atomic E-state index is 4.25. The third-order valence-electron chi connectivity index (χ3n) is 8.96. The highest BCUT2D eigenvalue weighted by Gasteiger charge is 2.49. The Hall–Kier alpha value is -2.86. The van der Waals surface area contributed by atoms with Crippen molar-refractivity contribution in [1.29, 1.82) is 0 Å². The fourth-order valence-corrected chi connectivity index (χ4v) is 7.86. The minimum atomic E-state index is 0.429. The van der Waals surface area contributed by atoms with Crippen LogP contribution in [0, 0.1) is 18.8 Å². The van der Waals surface area contributed by atoms with Crippen LogP contribution in [0.5, 0.6) is 0 Å². The van der Waals surface area contributed by atoms with Crippen molar-refractivity contribution >= 4 is 23.3 Å². The first-order chi connectivity index (χ1) is 14.8. The molecule has 144 valence electrons. The van der Waals surface area contributed by atoms with E-state index in [1.807, 2.05) is 0 Å². The van der Waals surface area contributed by atoms with Crippen LogP contribution in [0.1, 0.15) is 64.1 Å². The Morgan fingerprint density at radius 1 is 1.00 bits per heavy atom. The fourth-order valence-electron chi connectivity index (χ4n) is 7.86. The molecule has 3 atom stereocenters. The first-order valence-corrected chi connectivity index (χ1v) is 11.6. The van der Waals surface area contributed by atoms with E-state index >= 15 is 0 Å². The molecule has 0 aromatic heterocycles. The van der Waals surface area contributed by atoms with E-state index in [0.717, 1.165) is 11.8 Å². The van der Waals surface area contributed by atoms with Gasteiger partial charge in [-0.05, 0) is 123 Å². The number of rotatable bonds is 1. The van der Waals surface area contributed by atoms with Crippen LogP contribution in [-0.2, 0) is 6.42 Å². The monoisotopic (exact) mass is 384 g/mol. The van der Waals surface area contributed by atoms with Gasteiger partial charge in [-0.25, -0.2) is 0 Å². The van der Waals surface area contributed by atoms with Crippen molar-refractivity contribution in [3.05, 3.63) is 93.1 Å². The van der Waals surface area contributed by atoms with Crippen LogP contribution in [0.25, 0.3) is 34.4 Å². The van der Waals surface area contributed by atoms with Crippen molar-refractivity contribution in [3.63, 3.8) is 0 Å². The van der Waals surface area contributed by atoms with Crippen LogP contribution in [0.3, 0.4) is 0 Å². The van der Waals surface area contributed by atoms with E-state index in [4.69, 9.17) is 0 Å². The first-order valence-electron chi connectivity index (χ1n) is 11.6. The first kappa shape index (κ1) is 15.9. The molecule has 0 fully saturated rings. The van der Waals surface area contributed by atoms with Crippen molar-refractivity contribution < 1.29 is 0 Å². The molecule has 0 saturated carbocycles. The fraction of sp³-hybridized carbons (Fsp3) is 0.267. The second-order valence-electron chi connectivity index (χ2n) is 9.93. The van der Waals surface area contributed by atoms with E-state index in [2.05, 4.69) is 62.1 Å². The molecule has 0 N–H and O–H groups in total. The predicted molar refractivity (Wildman–Crippen MR) is 126 cm³/mol. The molecule has 0 spiro atoms. The third kappa shape index (κ3) is 1.55. The summed E-state index contributed by atoms with van der Waals surface area (Å²) in [4.78, 5) is 0. The van der Waals surface area contributed by atoms with Gasteiger partial charge >= 0.3 is 0 Å². The Balaban J connectivity index is 1.62. The van der Waals surface area contributed by atoms with E-state index in [1.165, 1.54) is 64.6 Å². The maximum atomic E-state index is 4.25. The summed E-state index contributed by atoms with van der Waals surface area (Å²) in [5.74, 6) is 1.88. The summed E-state index contributed by atoms with van der Waals surface area (Å²) in [7, 11) is 0. The summed E-state index contributed by atoms with van der Waals surface area (Å²) in [5, 5.41) is 0. The lowest BCUT2D eigenvalue weighted by molar-refractivity contribution is 0.500. The highest BCUT2D eigenvalue weighted by atomic mass is 14.5. The van der Waals surface area contributed by atoms with E-state index < -0.39 is 0 Å². The smallest absolute Gasteiger partial charge is 0.0243 e. The van der Waals surface area contributed by atoms with Gasteiger partial charge in [0.15, 0.2) is 0 Å². The molecule has 8 aliphatic rings. The summed E-state index contributed by atoms with van der Waals surface area (Å²) in [6.07, 6.45) is 21.3. The molecule has 8 aliphatic carbocycles. The van der Waals surface area contributed by atoms with Crippen LogP contribution < -0.4 is 0 Å². The molecule has 3 unspecified atom stereocenters. The van der Waals surface area contributed by atoms with E-state index in [1.54, 1.807) is 33.4 Å². The Kier molecular flexibility index (Phi) is 2.68. The van der Waals surface area contributed by atoms with Gasteiger partial charge in [0.25, 0.3) is 0 Å². The van der Waals surface area contributed by atoms with Gasteiger partial charge < -0.3 is 0 Å². The minimum absolute atomic E-state index is 0.429. The Morgan fingerprint density at radius 3 is 2.80 bits per heavy atom. The summed E-state index contributed by atoms with van der Waals surface area (Å²) in [5.41, 5.74) is 20.4. The molecule has 4 bridgehead atoms. The summed E-state index contributed by atoms with van der Waals surface area (Å²) >= 11 is 0. The Labute approximate surface area is 178 Å². The zero-order valence-electron chi connectivity index (χ0n) is 17.4. The van der Waals surface area contributed by atoms with Gasteiger partial charge in [0.1, 0.15) is 0 Å². The lowest BCUT2D eigenvalue weighted by Crippen LogP contribution is -2.20. The van der Waals surface area contributed by atoms with Gasteiger partial charge in [0.05, 0.1) is 0 Å². The molecule has 0 aliphatic heterocycles. The normalized spacial score (nSPS) is 28.1. The average Bonchev–Trinajstić information content (AvgIpc) is 3.34. The van der Waals surface area contributed by atoms with Gasteiger partial charge in [-0.2, -0.15) is 0 Å².